The number of benzene rings is 3. The van der Waals surface area contributed by atoms with Gasteiger partial charge in [0.25, 0.3) is 5.91 Å². The van der Waals surface area contributed by atoms with Crippen LogP contribution >= 0.6 is 11.6 Å². The largest absolute Gasteiger partial charge is 0.450 e. The summed E-state index contributed by atoms with van der Waals surface area (Å²) in [5, 5.41) is 3.41. The molecule has 2 heterocycles. The highest BCUT2D eigenvalue weighted by atomic mass is 35.5. The highest BCUT2D eigenvalue weighted by molar-refractivity contribution is 7.89. The number of halogens is 1. The Morgan fingerprint density at radius 1 is 0.906 bits per heavy atom. The number of furan rings is 1. The van der Waals surface area contributed by atoms with E-state index < -0.39 is 10.0 Å². The first kappa shape index (κ1) is 21.0. The summed E-state index contributed by atoms with van der Waals surface area (Å²) in [5.74, 6) is 0.0942. The van der Waals surface area contributed by atoms with Crippen molar-refractivity contribution in [3.05, 3.63) is 77.0 Å². The van der Waals surface area contributed by atoms with Crippen molar-refractivity contribution in [2.45, 2.75) is 11.8 Å². The molecular weight excluding hydrogens is 448 g/mol. The van der Waals surface area contributed by atoms with Crippen molar-refractivity contribution in [3.8, 4) is 0 Å². The number of nitrogens with zero attached hydrogens (tertiary/aromatic N) is 2. The van der Waals surface area contributed by atoms with Gasteiger partial charge in [-0.1, -0.05) is 48.0 Å². The number of aryl methyl sites for hydroxylation is 1. The standard InChI is InChI=1S/C24H21ClN2O4S/c1-16-20-11-6-17-4-2-3-5-21(17)23(20)31-22(16)24(28)26-12-14-27(15-13-26)32(29,30)19-9-7-18(25)8-10-19/h2-11H,12-15H2,1H3. The number of hydrogen-bond acceptors (Lipinski definition) is 4. The molecular formula is C24H21ClN2O4S. The Morgan fingerprint density at radius 3 is 2.31 bits per heavy atom. The molecule has 1 saturated heterocycles. The second kappa shape index (κ2) is 7.92. The molecule has 164 valence electrons. The van der Waals surface area contributed by atoms with Crippen molar-refractivity contribution >= 4 is 49.3 Å². The molecule has 8 heteroatoms. The highest BCUT2D eigenvalue weighted by Crippen LogP contribution is 2.32. The van der Waals surface area contributed by atoms with Crippen LogP contribution in [0.25, 0.3) is 21.7 Å². The fourth-order valence-corrected chi connectivity index (χ4v) is 5.73. The highest BCUT2D eigenvalue weighted by Gasteiger charge is 2.32. The van der Waals surface area contributed by atoms with Gasteiger partial charge in [-0.3, -0.25) is 4.79 Å². The summed E-state index contributed by atoms with van der Waals surface area (Å²) in [6, 6.07) is 18.0. The van der Waals surface area contributed by atoms with Crippen LogP contribution in [-0.4, -0.2) is 49.7 Å². The number of hydrogen-bond donors (Lipinski definition) is 0. The van der Waals surface area contributed by atoms with Crippen LogP contribution < -0.4 is 0 Å². The van der Waals surface area contributed by atoms with Gasteiger partial charge in [0.05, 0.1) is 4.90 Å². The summed E-state index contributed by atoms with van der Waals surface area (Å²) in [4.78, 5) is 15.1. The first-order valence-electron chi connectivity index (χ1n) is 10.3. The minimum atomic E-state index is -3.63. The van der Waals surface area contributed by atoms with Gasteiger partial charge in [0.15, 0.2) is 5.76 Å². The quantitative estimate of drug-likeness (QED) is 0.437. The molecule has 5 rings (SSSR count). The molecule has 32 heavy (non-hydrogen) atoms. The van der Waals surface area contributed by atoms with Gasteiger partial charge < -0.3 is 9.32 Å². The van der Waals surface area contributed by atoms with Crippen molar-refractivity contribution < 1.29 is 17.6 Å². The van der Waals surface area contributed by atoms with Crippen LogP contribution in [0.1, 0.15) is 16.1 Å². The number of carbonyl (C=O) groups excluding carboxylic acids is 1. The summed E-state index contributed by atoms with van der Waals surface area (Å²) in [5.41, 5.74) is 1.50. The van der Waals surface area contributed by atoms with Crippen LogP contribution in [0.2, 0.25) is 5.02 Å². The third-order valence-electron chi connectivity index (χ3n) is 6.00. The van der Waals surface area contributed by atoms with E-state index in [4.69, 9.17) is 16.0 Å². The number of rotatable bonds is 3. The molecule has 1 aliphatic rings. The lowest BCUT2D eigenvalue weighted by Gasteiger charge is -2.33. The minimum Gasteiger partial charge on any atom is -0.450 e. The van der Waals surface area contributed by atoms with Crippen molar-refractivity contribution in [1.82, 2.24) is 9.21 Å². The van der Waals surface area contributed by atoms with Crippen molar-refractivity contribution in [2.24, 2.45) is 0 Å². The SMILES string of the molecule is Cc1c(C(=O)N2CCN(S(=O)(=O)c3ccc(Cl)cc3)CC2)oc2c1ccc1ccccc12. The molecule has 1 amide bonds. The first-order valence-corrected chi connectivity index (χ1v) is 12.1. The van der Waals surface area contributed by atoms with Gasteiger partial charge in [-0.05, 0) is 36.6 Å². The third kappa shape index (κ3) is 3.46. The Bertz CT molecular complexity index is 1440. The molecule has 0 unspecified atom stereocenters. The topological polar surface area (TPSA) is 70.8 Å². The van der Waals surface area contributed by atoms with E-state index in [1.165, 1.54) is 16.4 Å². The van der Waals surface area contributed by atoms with Gasteiger partial charge in [-0.15, -0.1) is 0 Å². The van der Waals surface area contributed by atoms with E-state index in [2.05, 4.69) is 0 Å². The normalized spacial score (nSPS) is 15.5. The molecule has 0 saturated carbocycles. The second-order valence-electron chi connectivity index (χ2n) is 7.87. The Kier molecular flexibility index (Phi) is 5.20. The van der Waals surface area contributed by atoms with E-state index in [-0.39, 0.29) is 23.9 Å². The lowest BCUT2D eigenvalue weighted by atomic mass is 10.1. The molecule has 6 nitrogen and oxygen atoms in total. The number of amides is 1. The molecule has 4 aromatic rings. The van der Waals surface area contributed by atoms with Gasteiger partial charge >= 0.3 is 0 Å². The number of fused-ring (bicyclic) bond motifs is 3. The fourth-order valence-electron chi connectivity index (χ4n) is 4.18. The maximum atomic E-state index is 13.2. The summed E-state index contributed by atoms with van der Waals surface area (Å²) in [6.45, 7) is 2.92. The Morgan fingerprint density at radius 2 is 1.59 bits per heavy atom. The molecule has 3 aromatic carbocycles. The summed E-state index contributed by atoms with van der Waals surface area (Å²) in [7, 11) is -3.63. The van der Waals surface area contributed by atoms with E-state index >= 15 is 0 Å². The number of sulfonamides is 1. The monoisotopic (exact) mass is 468 g/mol. The Balaban J connectivity index is 1.38. The van der Waals surface area contributed by atoms with Gasteiger partial charge in [-0.2, -0.15) is 4.31 Å². The van der Waals surface area contributed by atoms with Gasteiger partial charge in [0, 0.05) is 47.5 Å². The average molecular weight is 469 g/mol. The maximum absolute atomic E-state index is 13.2. The summed E-state index contributed by atoms with van der Waals surface area (Å²) >= 11 is 5.87. The lowest BCUT2D eigenvalue weighted by molar-refractivity contribution is 0.0667. The van der Waals surface area contributed by atoms with Crippen molar-refractivity contribution in [1.29, 1.82) is 0 Å². The maximum Gasteiger partial charge on any atom is 0.289 e. The van der Waals surface area contributed by atoms with Gasteiger partial charge in [0.2, 0.25) is 10.0 Å². The number of carbonyl (C=O) groups is 1. The number of piperazine rings is 1. The van der Waals surface area contributed by atoms with E-state index in [1.807, 2.05) is 43.3 Å². The van der Waals surface area contributed by atoms with Crippen LogP contribution in [0.15, 0.2) is 70.0 Å². The lowest BCUT2D eigenvalue weighted by Crippen LogP contribution is -2.50. The zero-order chi connectivity index (χ0) is 22.5. The molecule has 0 spiro atoms. The third-order valence-corrected chi connectivity index (χ3v) is 8.16. The molecule has 0 N–H and O–H groups in total. The summed E-state index contributed by atoms with van der Waals surface area (Å²) < 4.78 is 33.3. The van der Waals surface area contributed by atoms with E-state index in [9.17, 15) is 13.2 Å². The molecule has 1 fully saturated rings. The van der Waals surface area contributed by atoms with E-state index in [0.717, 1.165) is 21.7 Å². The predicted octanol–water partition coefficient (Wildman–Crippen LogP) is 4.69. The smallest absolute Gasteiger partial charge is 0.289 e. The zero-order valence-corrected chi connectivity index (χ0v) is 19.0. The zero-order valence-electron chi connectivity index (χ0n) is 17.4. The molecule has 0 radical (unpaired) electrons. The molecule has 0 bridgehead atoms. The van der Waals surface area contributed by atoms with E-state index in [1.54, 1.807) is 17.0 Å². The van der Waals surface area contributed by atoms with Crippen LogP contribution in [0.5, 0.6) is 0 Å². The van der Waals surface area contributed by atoms with Crippen LogP contribution in [0.3, 0.4) is 0 Å². The van der Waals surface area contributed by atoms with Gasteiger partial charge in [-0.25, -0.2) is 8.42 Å². The van der Waals surface area contributed by atoms with Gasteiger partial charge in [0.1, 0.15) is 5.58 Å². The average Bonchev–Trinajstić information content (AvgIpc) is 3.16. The predicted molar refractivity (Wildman–Crippen MR) is 125 cm³/mol. The van der Waals surface area contributed by atoms with Crippen LogP contribution in [-0.2, 0) is 10.0 Å². The molecule has 0 atom stereocenters. The van der Waals surface area contributed by atoms with Crippen LogP contribution in [0.4, 0.5) is 0 Å². The molecule has 1 aliphatic heterocycles. The molecule has 1 aromatic heterocycles. The molecule has 0 aliphatic carbocycles. The first-order chi connectivity index (χ1) is 15.4. The fraction of sp³-hybridized carbons (Fsp3) is 0.208. The van der Waals surface area contributed by atoms with Crippen molar-refractivity contribution in [3.63, 3.8) is 0 Å². The van der Waals surface area contributed by atoms with Crippen molar-refractivity contribution in [2.75, 3.05) is 26.2 Å². The Labute approximate surface area is 191 Å². The van der Waals surface area contributed by atoms with E-state index in [0.29, 0.717) is 29.5 Å². The van der Waals surface area contributed by atoms with Crippen LogP contribution in [0, 0.1) is 6.92 Å². The Hall–Kier alpha value is -2.87. The minimum absolute atomic E-state index is 0.196. The summed E-state index contributed by atoms with van der Waals surface area (Å²) in [6.07, 6.45) is 0. The second-order valence-corrected chi connectivity index (χ2v) is 10.2.